The number of hydrogen-bond donors (Lipinski definition) is 1. The number of amides is 1. The second kappa shape index (κ2) is 11.2. The SMILES string of the molecule is CCCC(=O)Nc1ccc(C(=O)[C@H](C)OC(=O)CCc2ncc(-c3ccc(C)cc3)o2)cc1. The number of aryl methyl sites for hydroxylation is 2. The number of nitrogens with zero attached hydrogens (tertiary/aromatic N) is 1. The second-order valence-electron chi connectivity index (χ2n) is 7.86. The fourth-order valence-electron chi connectivity index (χ4n) is 3.20. The lowest BCUT2D eigenvalue weighted by Crippen LogP contribution is -2.24. The summed E-state index contributed by atoms with van der Waals surface area (Å²) in [6.45, 7) is 5.48. The lowest BCUT2D eigenvalue weighted by molar-refractivity contribution is -0.146. The first kappa shape index (κ1) is 23.9. The first-order valence-corrected chi connectivity index (χ1v) is 11.0. The van der Waals surface area contributed by atoms with Crippen LogP contribution in [0, 0.1) is 6.92 Å². The number of benzene rings is 2. The van der Waals surface area contributed by atoms with E-state index in [2.05, 4.69) is 10.3 Å². The van der Waals surface area contributed by atoms with Gasteiger partial charge in [-0.15, -0.1) is 0 Å². The van der Waals surface area contributed by atoms with E-state index in [1.54, 1.807) is 30.5 Å². The van der Waals surface area contributed by atoms with Gasteiger partial charge in [0.1, 0.15) is 0 Å². The van der Waals surface area contributed by atoms with Gasteiger partial charge in [-0.3, -0.25) is 14.4 Å². The molecular weight excluding hydrogens is 420 g/mol. The van der Waals surface area contributed by atoms with Crippen LogP contribution in [0.25, 0.3) is 11.3 Å². The van der Waals surface area contributed by atoms with Gasteiger partial charge < -0.3 is 14.5 Å². The van der Waals surface area contributed by atoms with Crippen molar-refractivity contribution >= 4 is 23.3 Å². The first-order chi connectivity index (χ1) is 15.9. The molecule has 0 spiro atoms. The van der Waals surface area contributed by atoms with E-state index in [0.717, 1.165) is 17.5 Å². The Hall–Kier alpha value is -3.74. The van der Waals surface area contributed by atoms with Crippen molar-refractivity contribution in [2.24, 2.45) is 0 Å². The number of Topliss-reactive ketones (excluding diaryl/α,β-unsaturated/α-hetero) is 1. The predicted molar refractivity (Wildman–Crippen MR) is 125 cm³/mol. The molecule has 0 fully saturated rings. The minimum atomic E-state index is -0.925. The van der Waals surface area contributed by atoms with Gasteiger partial charge in [0.25, 0.3) is 0 Å². The summed E-state index contributed by atoms with van der Waals surface area (Å²) >= 11 is 0. The van der Waals surface area contributed by atoms with Gasteiger partial charge >= 0.3 is 5.97 Å². The first-order valence-electron chi connectivity index (χ1n) is 11.0. The fraction of sp³-hybridized carbons (Fsp3) is 0.308. The number of anilines is 1. The lowest BCUT2D eigenvalue weighted by atomic mass is 10.1. The molecule has 172 valence electrons. The summed E-state index contributed by atoms with van der Waals surface area (Å²) in [6, 6.07) is 14.4. The summed E-state index contributed by atoms with van der Waals surface area (Å²) in [5, 5.41) is 2.77. The van der Waals surface area contributed by atoms with E-state index in [4.69, 9.17) is 9.15 Å². The molecule has 3 rings (SSSR count). The third kappa shape index (κ3) is 6.87. The van der Waals surface area contributed by atoms with Gasteiger partial charge in [-0.25, -0.2) is 4.98 Å². The molecule has 1 N–H and O–H groups in total. The normalized spacial score (nSPS) is 11.6. The van der Waals surface area contributed by atoms with E-state index in [0.29, 0.717) is 29.3 Å². The van der Waals surface area contributed by atoms with E-state index in [-0.39, 0.29) is 24.5 Å². The van der Waals surface area contributed by atoms with E-state index in [9.17, 15) is 14.4 Å². The number of rotatable bonds is 10. The molecule has 0 radical (unpaired) electrons. The number of oxazole rings is 1. The molecule has 0 saturated carbocycles. The molecular formula is C26H28N2O5. The van der Waals surface area contributed by atoms with Gasteiger partial charge in [0.2, 0.25) is 11.7 Å². The summed E-state index contributed by atoms with van der Waals surface area (Å²) in [6.07, 6.45) is 2.23. The number of aromatic nitrogens is 1. The van der Waals surface area contributed by atoms with Crippen LogP contribution in [-0.4, -0.2) is 28.7 Å². The van der Waals surface area contributed by atoms with E-state index < -0.39 is 12.1 Å². The Morgan fingerprint density at radius 1 is 1.03 bits per heavy atom. The van der Waals surface area contributed by atoms with Gasteiger partial charge in [0.15, 0.2) is 17.8 Å². The molecule has 0 saturated heterocycles. The molecule has 1 heterocycles. The highest BCUT2D eigenvalue weighted by Gasteiger charge is 2.20. The van der Waals surface area contributed by atoms with Crippen molar-refractivity contribution in [1.82, 2.24) is 4.98 Å². The molecule has 0 unspecified atom stereocenters. The second-order valence-corrected chi connectivity index (χ2v) is 7.86. The number of ketones is 1. The van der Waals surface area contributed by atoms with Crippen LogP contribution in [0.2, 0.25) is 0 Å². The molecule has 7 nitrogen and oxygen atoms in total. The van der Waals surface area contributed by atoms with Crippen LogP contribution < -0.4 is 5.32 Å². The standard InChI is InChI=1S/C26H28N2O5/c1-4-5-23(29)28-21-12-10-20(11-13-21)26(31)18(3)32-25(30)15-14-24-27-16-22(33-24)19-8-6-17(2)7-9-19/h6-13,16,18H,4-5,14-15H2,1-3H3,(H,28,29)/t18-/m0/s1. The highest BCUT2D eigenvalue weighted by molar-refractivity contribution is 6.00. The monoisotopic (exact) mass is 448 g/mol. The zero-order chi connectivity index (χ0) is 23.8. The average molecular weight is 449 g/mol. The molecule has 33 heavy (non-hydrogen) atoms. The lowest BCUT2D eigenvalue weighted by Gasteiger charge is -2.12. The van der Waals surface area contributed by atoms with Crippen molar-refractivity contribution in [1.29, 1.82) is 0 Å². The molecule has 0 bridgehead atoms. The van der Waals surface area contributed by atoms with Gasteiger partial charge in [0.05, 0.1) is 12.6 Å². The van der Waals surface area contributed by atoms with Crippen molar-refractivity contribution in [2.75, 3.05) is 5.32 Å². The average Bonchev–Trinajstić information content (AvgIpc) is 3.27. The minimum absolute atomic E-state index is 0.0495. The molecule has 0 aliphatic rings. The van der Waals surface area contributed by atoms with Crippen LogP contribution in [0.15, 0.2) is 59.1 Å². The van der Waals surface area contributed by atoms with Gasteiger partial charge in [0, 0.05) is 29.7 Å². The Morgan fingerprint density at radius 2 is 1.73 bits per heavy atom. The molecule has 1 atom stereocenters. The predicted octanol–water partition coefficient (Wildman–Crippen LogP) is 5.14. The summed E-state index contributed by atoms with van der Waals surface area (Å²) in [5.41, 5.74) is 3.08. The Labute approximate surface area is 193 Å². The minimum Gasteiger partial charge on any atom is -0.454 e. The number of ether oxygens (including phenoxy) is 1. The Kier molecular flexibility index (Phi) is 8.13. The van der Waals surface area contributed by atoms with Gasteiger partial charge in [-0.05, 0) is 44.5 Å². The van der Waals surface area contributed by atoms with Crippen molar-refractivity contribution in [3.05, 3.63) is 71.7 Å². The molecule has 2 aromatic carbocycles. The Bertz CT molecular complexity index is 1100. The summed E-state index contributed by atoms with van der Waals surface area (Å²) in [4.78, 5) is 40.7. The van der Waals surface area contributed by atoms with Crippen molar-refractivity contribution in [2.45, 2.75) is 52.6 Å². The van der Waals surface area contributed by atoms with Crippen molar-refractivity contribution in [3.8, 4) is 11.3 Å². The quantitative estimate of drug-likeness (QED) is 0.341. The van der Waals surface area contributed by atoms with Crippen LogP contribution in [-0.2, 0) is 20.7 Å². The topological polar surface area (TPSA) is 98.5 Å². The molecule has 0 aliphatic carbocycles. The maximum atomic E-state index is 12.6. The number of hydrogen-bond acceptors (Lipinski definition) is 6. The number of esters is 1. The smallest absolute Gasteiger partial charge is 0.307 e. The maximum absolute atomic E-state index is 12.6. The molecule has 1 aromatic heterocycles. The van der Waals surface area contributed by atoms with Crippen LogP contribution in [0.5, 0.6) is 0 Å². The van der Waals surface area contributed by atoms with Crippen LogP contribution >= 0.6 is 0 Å². The molecule has 3 aromatic rings. The number of carbonyl (C=O) groups excluding carboxylic acids is 3. The Balaban J connectivity index is 1.48. The largest absolute Gasteiger partial charge is 0.454 e. The highest BCUT2D eigenvalue weighted by atomic mass is 16.5. The number of nitrogens with one attached hydrogen (secondary N) is 1. The number of carbonyl (C=O) groups is 3. The van der Waals surface area contributed by atoms with Crippen molar-refractivity contribution < 1.29 is 23.5 Å². The van der Waals surface area contributed by atoms with Gasteiger partial charge in [-0.1, -0.05) is 36.8 Å². The molecule has 7 heteroatoms. The van der Waals surface area contributed by atoms with Crippen LogP contribution in [0.3, 0.4) is 0 Å². The summed E-state index contributed by atoms with van der Waals surface area (Å²) < 4.78 is 11.0. The zero-order valence-corrected chi connectivity index (χ0v) is 19.1. The molecule has 0 aliphatic heterocycles. The van der Waals surface area contributed by atoms with E-state index >= 15 is 0 Å². The van der Waals surface area contributed by atoms with E-state index in [1.165, 1.54) is 6.92 Å². The van der Waals surface area contributed by atoms with Gasteiger partial charge in [-0.2, -0.15) is 0 Å². The van der Waals surface area contributed by atoms with Crippen LogP contribution in [0.1, 0.15) is 54.9 Å². The van der Waals surface area contributed by atoms with Crippen LogP contribution in [0.4, 0.5) is 5.69 Å². The zero-order valence-electron chi connectivity index (χ0n) is 19.1. The highest BCUT2D eigenvalue weighted by Crippen LogP contribution is 2.21. The molecule has 1 amide bonds. The maximum Gasteiger partial charge on any atom is 0.307 e. The van der Waals surface area contributed by atoms with E-state index in [1.807, 2.05) is 38.1 Å². The summed E-state index contributed by atoms with van der Waals surface area (Å²) in [5.74, 6) is 0.177. The summed E-state index contributed by atoms with van der Waals surface area (Å²) in [7, 11) is 0. The third-order valence-electron chi connectivity index (χ3n) is 5.04. The fourth-order valence-corrected chi connectivity index (χ4v) is 3.20. The Morgan fingerprint density at radius 3 is 2.39 bits per heavy atom. The van der Waals surface area contributed by atoms with Crippen molar-refractivity contribution in [3.63, 3.8) is 0 Å². The third-order valence-corrected chi connectivity index (χ3v) is 5.04.